The maximum absolute atomic E-state index is 13.7. The number of rotatable bonds is 8. The van der Waals surface area contributed by atoms with Crippen molar-refractivity contribution in [3.63, 3.8) is 0 Å². The van der Waals surface area contributed by atoms with Crippen LogP contribution < -0.4 is 21.3 Å². The number of alkyl halides is 3. The van der Waals surface area contributed by atoms with Crippen molar-refractivity contribution >= 4 is 41.6 Å². The first-order valence-corrected chi connectivity index (χ1v) is 15.4. The number of aliphatic hydroxyl groups is 1. The largest absolute Gasteiger partial charge is 0.483 e. The number of aliphatic hydroxyl groups excluding tert-OH is 1. The molecule has 4 heterocycles. The molecule has 15 nitrogen and oxygen atoms in total. The Labute approximate surface area is 286 Å². The number of nitrogens with one attached hydrogen (secondary N) is 4. The van der Waals surface area contributed by atoms with Gasteiger partial charge in [0.05, 0.1) is 46.7 Å². The predicted molar refractivity (Wildman–Crippen MR) is 169 cm³/mol. The Morgan fingerprint density at radius 2 is 1.84 bits per heavy atom. The molecular formula is C30H32ClF4N9O6. The van der Waals surface area contributed by atoms with Crippen LogP contribution in [0, 0.1) is 11.8 Å². The lowest BCUT2D eigenvalue weighted by atomic mass is 10.2. The molecule has 0 radical (unpaired) electrons. The van der Waals surface area contributed by atoms with Gasteiger partial charge in [0, 0.05) is 63.0 Å². The summed E-state index contributed by atoms with van der Waals surface area (Å²) in [4.78, 5) is 52.6. The Morgan fingerprint density at radius 1 is 1.16 bits per heavy atom. The lowest BCUT2D eigenvalue weighted by Gasteiger charge is -2.24. The number of aromatic nitrogens is 4. The van der Waals surface area contributed by atoms with Gasteiger partial charge >= 0.3 is 12.2 Å². The molecule has 4 amide bonds. The van der Waals surface area contributed by atoms with Gasteiger partial charge < -0.3 is 40.9 Å². The van der Waals surface area contributed by atoms with Crippen molar-refractivity contribution in [2.75, 3.05) is 31.5 Å². The molecule has 6 N–H and O–H groups in total. The van der Waals surface area contributed by atoms with Crippen LogP contribution >= 0.6 is 11.6 Å². The van der Waals surface area contributed by atoms with Crippen molar-refractivity contribution in [3.05, 3.63) is 65.1 Å². The third-order valence-electron chi connectivity index (χ3n) is 8.57. The van der Waals surface area contributed by atoms with E-state index in [2.05, 4.69) is 37.9 Å². The first kappa shape index (κ1) is 36.3. The average Bonchev–Trinajstić information content (AvgIpc) is 3.59. The van der Waals surface area contributed by atoms with Gasteiger partial charge in [-0.15, -0.1) is 0 Å². The summed E-state index contributed by atoms with van der Waals surface area (Å²) in [5, 5.41) is 31.6. The third kappa shape index (κ3) is 7.74. The summed E-state index contributed by atoms with van der Waals surface area (Å²) in [6.07, 6.45) is -3.42. The number of carboxylic acid groups (broad SMARTS) is 1. The van der Waals surface area contributed by atoms with Gasteiger partial charge in [-0.3, -0.25) is 19.1 Å². The van der Waals surface area contributed by atoms with Crippen LogP contribution in [0.1, 0.15) is 26.7 Å². The van der Waals surface area contributed by atoms with Crippen LogP contribution in [0.5, 0.6) is 0 Å². The smallest absolute Gasteiger partial charge is 0.435 e. The number of benzene rings is 1. The first-order valence-electron chi connectivity index (χ1n) is 15.1. The Balaban J connectivity index is 0.00000156. The highest BCUT2D eigenvalue weighted by Gasteiger charge is 2.57. The molecule has 1 saturated carbocycles. The highest BCUT2D eigenvalue weighted by molar-refractivity contribution is 6.34. The average molecular weight is 726 g/mol. The fraction of sp³-hybridized carbons (Fsp3) is 0.400. The van der Waals surface area contributed by atoms with Crippen molar-refractivity contribution in [1.82, 2.24) is 40.2 Å². The van der Waals surface area contributed by atoms with E-state index in [9.17, 15) is 37.1 Å². The van der Waals surface area contributed by atoms with Crippen molar-refractivity contribution in [2.45, 2.75) is 30.9 Å². The molecule has 2 saturated heterocycles. The number of likely N-dealkylation sites (tertiary alicyclic amines) is 1. The molecule has 3 aromatic rings. The minimum atomic E-state index is -4.86. The molecule has 50 heavy (non-hydrogen) atoms. The molecular weight excluding hydrogens is 694 g/mol. The Kier molecular flexibility index (Phi) is 10.5. The van der Waals surface area contributed by atoms with E-state index in [1.807, 2.05) is 0 Å². The van der Waals surface area contributed by atoms with Crippen LogP contribution in [0.3, 0.4) is 0 Å². The molecule has 1 aromatic carbocycles. The second-order valence-corrected chi connectivity index (χ2v) is 12.3. The number of β-amino-alcohol motifs (C(OH)–C–C–N with tert-alkyl or cyclic N) is 1. The molecule has 1 aliphatic carbocycles. The van der Waals surface area contributed by atoms with Gasteiger partial charge in [-0.25, -0.2) is 14.2 Å². The normalized spacial score (nSPS) is 22.2. The van der Waals surface area contributed by atoms with E-state index in [1.54, 1.807) is 4.90 Å². The Hall–Kier alpha value is -5.01. The lowest BCUT2D eigenvalue weighted by molar-refractivity contribution is -0.141. The van der Waals surface area contributed by atoms with Gasteiger partial charge in [-0.1, -0.05) is 18.2 Å². The number of anilines is 1. The molecule has 20 heteroatoms. The maximum atomic E-state index is 13.7. The van der Waals surface area contributed by atoms with Crippen LogP contribution in [0.25, 0.3) is 11.3 Å². The summed E-state index contributed by atoms with van der Waals surface area (Å²) in [5.74, 6) is -2.10. The summed E-state index contributed by atoms with van der Waals surface area (Å²) in [5.41, 5.74) is -1.38. The summed E-state index contributed by atoms with van der Waals surface area (Å²) in [6, 6.07) is 3.52. The fourth-order valence-electron chi connectivity index (χ4n) is 6.11. The highest BCUT2D eigenvalue weighted by atomic mass is 35.5. The van der Waals surface area contributed by atoms with E-state index in [0.29, 0.717) is 26.2 Å². The number of carbonyl (C=O) groups excluding carboxylic acids is 3. The van der Waals surface area contributed by atoms with Crippen LogP contribution in [0.15, 0.2) is 43.0 Å². The standard InChI is InChI=1S/C29H30ClF4N9O4.CH2O2/c1-13(31)9-43-12-18(24(40-43)29(32,33)34)21-7-36-25(41(21)2)27(46)37-14-3-4-15(19(30)5-14)26(45)39-23-16-10-42(11-17(16)23)28(47)38-20-6-35-8-22(20)44;2-1-3/h3-5,7,12,16-17,20,22-23,35,44H,1,6,8-11H2,2H3,(H,37,46)(H,38,47)(H,39,45);1H,(H,2,3)/t16-,17+,20-,22-,23+;/m0./s1. The van der Waals surface area contributed by atoms with Gasteiger partial charge in [0.1, 0.15) is 5.83 Å². The summed E-state index contributed by atoms with van der Waals surface area (Å²) >= 11 is 6.38. The van der Waals surface area contributed by atoms with Gasteiger partial charge in [0.2, 0.25) is 0 Å². The number of nitrogens with zero attached hydrogens (tertiary/aromatic N) is 5. The SMILES string of the molecule is C=C(F)Cn1cc(-c2cnc(C(=O)Nc3ccc(C(=O)N[C@H]4[C@@H]5CN(C(=O)N[C@H]6CNC[C@@H]6O)C[C@@H]54)c(Cl)c3)n2C)c(C(F)(F)F)n1.O=CO. The van der Waals surface area contributed by atoms with Crippen molar-refractivity contribution in [1.29, 1.82) is 0 Å². The van der Waals surface area contributed by atoms with E-state index in [0.717, 1.165) is 21.6 Å². The van der Waals surface area contributed by atoms with Crippen molar-refractivity contribution in [2.24, 2.45) is 18.9 Å². The van der Waals surface area contributed by atoms with Gasteiger partial charge in [0.15, 0.2) is 11.5 Å². The van der Waals surface area contributed by atoms with Crippen LogP contribution in [0.4, 0.5) is 28.0 Å². The molecule has 0 unspecified atom stereocenters. The third-order valence-corrected chi connectivity index (χ3v) is 8.89. The number of urea groups is 1. The van der Waals surface area contributed by atoms with Gasteiger partial charge in [-0.2, -0.15) is 18.3 Å². The quantitative estimate of drug-likeness (QED) is 0.149. The molecule has 0 bridgehead atoms. The Morgan fingerprint density at radius 3 is 2.42 bits per heavy atom. The second kappa shape index (κ2) is 14.5. The van der Waals surface area contributed by atoms with E-state index in [4.69, 9.17) is 21.5 Å². The predicted octanol–water partition coefficient (Wildman–Crippen LogP) is 2.09. The zero-order valence-electron chi connectivity index (χ0n) is 26.2. The molecule has 5 atom stereocenters. The van der Waals surface area contributed by atoms with Crippen molar-refractivity contribution in [3.8, 4) is 11.3 Å². The number of fused-ring (bicyclic) bond motifs is 1. The summed E-state index contributed by atoms with van der Waals surface area (Å²) < 4.78 is 56.2. The van der Waals surface area contributed by atoms with E-state index < -0.39 is 47.7 Å². The molecule has 2 aromatic heterocycles. The minimum absolute atomic E-state index is 0.0491. The maximum Gasteiger partial charge on any atom is 0.435 e. The van der Waals surface area contributed by atoms with E-state index in [-0.39, 0.29) is 64.2 Å². The van der Waals surface area contributed by atoms with Gasteiger partial charge in [-0.05, 0) is 18.2 Å². The zero-order chi connectivity index (χ0) is 36.5. The summed E-state index contributed by atoms with van der Waals surface area (Å²) in [6.45, 7) is 4.09. The van der Waals surface area contributed by atoms with E-state index >= 15 is 0 Å². The fourth-order valence-corrected chi connectivity index (χ4v) is 6.37. The second-order valence-electron chi connectivity index (χ2n) is 11.9. The number of hydrogen-bond donors (Lipinski definition) is 6. The van der Waals surface area contributed by atoms with Gasteiger partial charge in [0.25, 0.3) is 18.3 Å². The summed E-state index contributed by atoms with van der Waals surface area (Å²) in [7, 11) is 1.35. The number of imidazole rings is 1. The highest BCUT2D eigenvalue weighted by Crippen LogP contribution is 2.45. The van der Waals surface area contributed by atoms with E-state index in [1.165, 1.54) is 25.2 Å². The first-order chi connectivity index (χ1) is 23.6. The number of halogens is 5. The monoisotopic (exact) mass is 725 g/mol. The molecule has 6 rings (SSSR count). The zero-order valence-corrected chi connectivity index (χ0v) is 27.0. The van der Waals surface area contributed by atoms with Crippen LogP contribution in [-0.2, 0) is 24.6 Å². The number of carbonyl (C=O) groups is 4. The molecule has 3 aliphatic rings. The molecule has 2 aliphatic heterocycles. The molecule has 268 valence electrons. The molecule has 0 spiro atoms. The number of piperidine rings is 1. The lowest BCUT2D eigenvalue weighted by Crippen LogP contribution is -2.49. The molecule has 3 fully saturated rings. The minimum Gasteiger partial charge on any atom is -0.483 e. The topological polar surface area (TPSA) is 196 Å². The number of amides is 4. The van der Waals surface area contributed by atoms with Crippen LogP contribution in [-0.4, -0.2) is 103 Å². The van der Waals surface area contributed by atoms with Crippen molar-refractivity contribution < 1.29 is 47.0 Å². The number of allylic oxidation sites excluding steroid dienone is 1. The Bertz CT molecular complexity index is 1800. The van der Waals surface area contributed by atoms with Crippen LogP contribution in [0.2, 0.25) is 5.02 Å². The number of hydrogen-bond acceptors (Lipinski definition) is 8.